The van der Waals surface area contributed by atoms with Crippen molar-refractivity contribution in [2.24, 2.45) is 5.92 Å². The molecule has 1 aliphatic carbocycles. The summed E-state index contributed by atoms with van der Waals surface area (Å²) < 4.78 is 5.41. The first-order valence-corrected chi connectivity index (χ1v) is 10.6. The highest BCUT2D eigenvalue weighted by atomic mass is 32.1. The van der Waals surface area contributed by atoms with Crippen molar-refractivity contribution in [3.63, 3.8) is 0 Å². The van der Waals surface area contributed by atoms with Crippen LogP contribution in [0.2, 0.25) is 0 Å². The van der Waals surface area contributed by atoms with E-state index in [1.807, 2.05) is 17.5 Å². The maximum atomic E-state index is 10.4. The number of aliphatic hydroxyl groups is 1. The fraction of sp³-hybridized carbons (Fsp3) is 0.684. The van der Waals surface area contributed by atoms with Crippen LogP contribution in [0.1, 0.15) is 38.0 Å². The quantitative estimate of drug-likeness (QED) is 0.802. The second kappa shape index (κ2) is 8.61. The molecule has 0 spiro atoms. The summed E-state index contributed by atoms with van der Waals surface area (Å²) in [5.74, 6) is 2.12. The molecular weight excluding hydrogens is 348 g/mol. The van der Waals surface area contributed by atoms with E-state index < -0.39 is 0 Å². The maximum Gasteiger partial charge on any atom is 0.241 e. The summed E-state index contributed by atoms with van der Waals surface area (Å²) in [6.45, 7) is 5.46. The molecule has 0 radical (unpaired) electrons. The number of piperazine rings is 1. The Morgan fingerprint density at radius 1 is 1.19 bits per heavy atom. The van der Waals surface area contributed by atoms with Crippen molar-refractivity contribution in [2.45, 2.75) is 44.8 Å². The fourth-order valence-corrected chi connectivity index (χ4v) is 4.80. The molecule has 2 aliphatic rings. The van der Waals surface area contributed by atoms with Gasteiger partial charge in [-0.25, -0.2) is 0 Å². The van der Waals surface area contributed by atoms with Gasteiger partial charge in [0.05, 0.1) is 17.5 Å². The number of thiophene rings is 1. The number of β-amino-alcohol motifs (C(OH)–C–C–N with tert-alkyl or cyclic N) is 1. The lowest BCUT2D eigenvalue weighted by Crippen LogP contribution is -2.48. The Bertz CT molecular complexity index is 661. The molecule has 1 aliphatic heterocycles. The Kier molecular flexibility index (Phi) is 5.99. The van der Waals surface area contributed by atoms with Crippen molar-refractivity contribution in [2.75, 3.05) is 32.7 Å². The maximum absolute atomic E-state index is 10.4. The highest BCUT2D eigenvalue weighted by Gasteiger charge is 2.24. The Morgan fingerprint density at radius 2 is 1.96 bits per heavy atom. The highest BCUT2D eigenvalue weighted by molar-refractivity contribution is 7.13. The molecule has 2 fully saturated rings. The van der Waals surface area contributed by atoms with Crippen molar-refractivity contribution < 1.29 is 9.63 Å². The van der Waals surface area contributed by atoms with Crippen LogP contribution in [-0.4, -0.2) is 63.9 Å². The van der Waals surface area contributed by atoms with Gasteiger partial charge in [-0.3, -0.25) is 9.80 Å². The number of rotatable bonds is 7. The van der Waals surface area contributed by atoms with Gasteiger partial charge >= 0.3 is 0 Å². The average molecular weight is 377 g/mol. The largest absolute Gasteiger partial charge is 0.392 e. The van der Waals surface area contributed by atoms with Gasteiger partial charge in [-0.05, 0) is 23.8 Å². The minimum absolute atomic E-state index is 0.172. The van der Waals surface area contributed by atoms with Crippen LogP contribution in [0.15, 0.2) is 22.0 Å². The van der Waals surface area contributed by atoms with Crippen molar-refractivity contribution in [1.29, 1.82) is 0 Å². The van der Waals surface area contributed by atoms with Crippen LogP contribution in [0.5, 0.6) is 0 Å². The molecule has 1 atom stereocenters. The number of hydrogen-bond acceptors (Lipinski definition) is 7. The fourth-order valence-electron chi connectivity index (χ4n) is 4.15. The minimum Gasteiger partial charge on any atom is -0.392 e. The van der Waals surface area contributed by atoms with Gasteiger partial charge in [0.25, 0.3) is 0 Å². The van der Waals surface area contributed by atoms with E-state index in [1.165, 1.54) is 25.7 Å². The molecule has 2 aromatic heterocycles. The molecule has 4 rings (SSSR count). The molecule has 2 aromatic rings. The van der Waals surface area contributed by atoms with Crippen molar-refractivity contribution >= 4 is 11.3 Å². The van der Waals surface area contributed by atoms with Crippen molar-refractivity contribution in [3.8, 4) is 10.7 Å². The van der Waals surface area contributed by atoms with E-state index >= 15 is 0 Å². The zero-order valence-corrected chi connectivity index (χ0v) is 16.0. The third kappa shape index (κ3) is 4.71. The molecule has 7 heteroatoms. The molecule has 1 saturated carbocycles. The number of nitrogens with zero attached hydrogens (tertiary/aromatic N) is 4. The average Bonchev–Trinajstić information content (AvgIpc) is 3.38. The third-order valence-electron chi connectivity index (χ3n) is 5.58. The first kappa shape index (κ1) is 18.1. The second-order valence-electron chi connectivity index (χ2n) is 7.61. The number of aliphatic hydroxyl groups excluding tert-OH is 1. The zero-order valence-electron chi connectivity index (χ0n) is 15.2. The Morgan fingerprint density at radius 3 is 2.69 bits per heavy atom. The van der Waals surface area contributed by atoms with Crippen LogP contribution in [0.3, 0.4) is 0 Å². The summed E-state index contributed by atoms with van der Waals surface area (Å²) in [5, 5.41) is 16.5. The van der Waals surface area contributed by atoms with Crippen molar-refractivity contribution in [1.82, 2.24) is 19.9 Å². The van der Waals surface area contributed by atoms with Gasteiger partial charge in [0.15, 0.2) is 0 Å². The van der Waals surface area contributed by atoms with E-state index in [2.05, 4.69) is 19.9 Å². The molecule has 0 aromatic carbocycles. The van der Waals surface area contributed by atoms with Gasteiger partial charge in [-0.1, -0.05) is 36.9 Å². The third-order valence-corrected chi connectivity index (χ3v) is 6.45. The standard InChI is InChI=1S/C19H28N4O2S/c24-16(12-15-4-1-2-5-15)13-22-7-9-23(10-8-22)14-18-20-19(21-25-18)17-6-3-11-26-17/h3,6,11,15-16,24H,1-2,4-5,7-10,12-14H2. The molecule has 1 N–H and O–H groups in total. The second-order valence-corrected chi connectivity index (χ2v) is 8.55. The molecule has 0 amide bonds. The molecule has 6 nitrogen and oxygen atoms in total. The van der Waals surface area contributed by atoms with Crippen LogP contribution in [0, 0.1) is 5.92 Å². The SMILES string of the molecule is OC(CC1CCCC1)CN1CCN(Cc2nc(-c3cccs3)no2)CC1. The van der Waals surface area contributed by atoms with E-state index in [0.29, 0.717) is 18.3 Å². The summed E-state index contributed by atoms with van der Waals surface area (Å²) >= 11 is 1.62. The Hall–Kier alpha value is -1.28. The Balaban J connectivity index is 1.20. The molecule has 3 heterocycles. The minimum atomic E-state index is -0.172. The molecular formula is C19H28N4O2S. The highest BCUT2D eigenvalue weighted by Crippen LogP contribution is 2.28. The smallest absolute Gasteiger partial charge is 0.241 e. The molecule has 1 saturated heterocycles. The van der Waals surface area contributed by atoms with E-state index in [9.17, 15) is 5.11 Å². The lowest BCUT2D eigenvalue weighted by Gasteiger charge is -2.35. The summed E-state index contributed by atoms with van der Waals surface area (Å²) in [6, 6.07) is 4.01. The lowest BCUT2D eigenvalue weighted by atomic mass is 10.00. The van der Waals surface area contributed by atoms with Gasteiger partial charge in [-0.2, -0.15) is 4.98 Å². The number of hydrogen-bond donors (Lipinski definition) is 1. The molecule has 1 unspecified atom stereocenters. The molecule has 26 heavy (non-hydrogen) atoms. The van der Waals surface area contributed by atoms with Gasteiger partial charge in [-0.15, -0.1) is 11.3 Å². The molecule has 0 bridgehead atoms. The monoisotopic (exact) mass is 376 g/mol. The number of aromatic nitrogens is 2. The lowest BCUT2D eigenvalue weighted by molar-refractivity contribution is 0.0556. The predicted octanol–water partition coefficient (Wildman–Crippen LogP) is 2.86. The predicted molar refractivity (Wildman–Crippen MR) is 102 cm³/mol. The first-order valence-electron chi connectivity index (χ1n) is 9.75. The van der Waals surface area contributed by atoms with Crippen LogP contribution < -0.4 is 0 Å². The van der Waals surface area contributed by atoms with Gasteiger partial charge in [0, 0.05) is 32.7 Å². The van der Waals surface area contributed by atoms with Crippen LogP contribution in [0.4, 0.5) is 0 Å². The normalized spacial score (nSPS) is 21.4. The van der Waals surface area contributed by atoms with Gasteiger partial charge < -0.3 is 9.63 Å². The van der Waals surface area contributed by atoms with Crippen molar-refractivity contribution in [3.05, 3.63) is 23.4 Å². The summed E-state index contributed by atoms with van der Waals surface area (Å²) in [5.41, 5.74) is 0. The summed E-state index contributed by atoms with van der Waals surface area (Å²) in [6.07, 6.45) is 6.12. The Labute approximate surface area is 158 Å². The van der Waals surface area contributed by atoms with Gasteiger partial charge in [0.2, 0.25) is 11.7 Å². The molecule has 142 valence electrons. The van der Waals surface area contributed by atoms with Crippen LogP contribution in [-0.2, 0) is 6.54 Å². The van der Waals surface area contributed by atoms with Crippen LogP contribution >= 0.6 is 11.3 Å². The topological polar surface area (TPSA) is 65.6 Å². The summed E-state index contributed by atoms with van der Waals surface area (Å²) in [4.78, 5) is 10.3. The van der Waals surface area contributed by atoms with Gasteiger partial charge in [0.1, 0.15) is 0 Å². The van der Waals surface area contributed by atoms with E-state index in [0.717, 1.165) is 49.9 Å². The zero-order chi connectivity index (χ0) is 17.8. The summed E-state index contributed by atoms with van der Waals surface area (Å²) in [7, 11) is 0. The first-order chi connectivity index (χ1) is 12.8. The van der Waals surface area contributed by atoms with E-state index in [1.54, 1.807) is 11.3 Å². The van der Waals surface area contributed by atoms with E-state index in [-0.39, 0.29) is 6.10 Å². The van der Waals surface area contributed by atoms with E-state index in [4.69, 9.17) is 4.52 Å². The van der Waals surface area contributed by atoms with Crippen LogP contribution in [0.25, 0.3) is 10.7 Å².